The first-order valence-corrected chi connectivity index (χ1v) is 7.67. The molecule has 0 radical (unpaired) electrons. The van der Waals surface area contributed by atoms with Crippen LogP contribution in [0.2, 0.25) is 5.02 Å². The van der Waals surface area contributed by atoms with Crippen LogP contribution in [0.15, 0.2) is 24.3 Å². The quantitative estimate of drug-likeness (QED) is 0.792. The number of ether oxygens (including phenoxy) is 1. The van der Waals surface area contributed by atoms with Gasteiger partial charge < -0.3 is 9.64 Å². The molecule has 0 aliphatic heterocycles. The highest BCUT2D eigenvalue weighted by atomic mass is 35.5. The van der Waals surface area contributed by atoms with Crippen molar-refractivity contribution in [3.05, 3.63) is 29.3 Å². The van der Waals surface area contributed by atoms with Gasteiger partial charge in [0, 0.05) is 18.1 Å². The second kappa shape index (κ2) is 7.19. The number of carbonyl (C=O) groups excluding carboxylic acids is 1. The summed E-state index contributed by atoms with van der Waals surface area (Å²) in [6.07, 6.45) is 4.21. The zero-order chi connectivity index (χ0) is 14.5. The van der Waals surface area contributed by atoms with Gasteiger partial charge in [-0.25, -0.2) is 0 Å². The second-order valence-corrected chi connectivity index (χ2v) is 6.12. The Morgan fingerprint density at radius 2 is 2.15 bits per heavy atom. The van der Waals surface area contributed by atoms with Gasteiger partial charge in [0.2, 0.25) is 0 Å². The summed E-state index contributed by atoms with van der Waals surface area (Å²) >= 11 is 12.2. The number of likely N-dealkylation sites (N-methyl/N-ethyl adjacent to an activating group) is 1. The molecule has 2 unspecified atom stereocenters. The standard InChI is InChI=1S/C15H19Cl2NO2/c1-18(14-8-3-2-7-13(14)17)15(19)10-20-12-6-4-5-11(16)9-12/h4-6,9,13-14H,2-3,7-8,10H2,1H3. The molecule has 1 amide bonds. The molecule has 0 saturated heterocycles. The fourth-order valence-electron chi connectivity index (χ4n) is 2.49. The Hall–Kier alpha value is -0.930. The predicted molar refractivity (Wildman–Crippen MR) is 81.6 cm³/mol. The summed E-state index contributed by atoms with van der Waals surface area (Å²) in [4.78, 5) is 13.9. The molecule has 5 heteroatoms. The molecule has 1 saturated carbocycles. The van der Waals surface area contributed by atoms with Gasteiger partial charge in [-0.2, -0.15) is 0 Å². The lowest BCUT2D eigenvalue weighted by Gasteiger charge is -2.34. The van der Waals surface area contributed by atoms with Gasteiger partial charge in [-0.3, -0.25) is 4.79 Å². The van der Waals surface area contributed by atoms with E-state index in [2.05, 4.69) is 0 Å². The average molecular weight is 316 g/mol. The Morgan fingerprint density at radius 1 is 1.40 bits per heavy atom. The molecule has 2 atom stereocenters. The van der Waals surface area contributed by atoms with Crippen LogP contribution in [-0.2, 0) is 4.79 Å². The third kappa shape index (κ3) is 4.03. The zero-order valence-electron chi connectivity index (χ0n) is 11.5. The largest absolute Gasteiger partial charge is 0.484 e. The van der Waals surface area contributed by atoms with E-state index in [0.29, 0.717) is 10.8 Å². The fraction of sp³-hybridized carbons (Fsp3) is 0.533. The SMILES string of the molecule is CN(C(=O)COc1cccc(Cl)c1)C1CCCCC1Cl. The van der Waals surface area contributed by atoms with Crippen LogP contribution < -0.4 is 4.74 Å². The first-order chi connectivity index (χ1) is 9.58. The van der Waals surface area contributed by atoms with Crippen molar-refractivity contribution in [3.63, 3.8) is 0 Å². The maximum Gasteiger partial charge on any atom is 0.260 e. The highest BCUT2D eigenvalue weighted by Crippen LogP contribution is 2.26. The van der Waals surface area contributed by atoms with E-state index in [1.165, 1.54) is 0 Å². The van der Waals surface area contributed by atoms with Crippen LogP contribution in [0, 0.1) is 0 Å². The number of halogens is 2. The van der Waals surface area contributed by atoms with Crippen LogP contribution in [0.1, 0.15) is 25.7 Å². The molecule has 1 aromatic carbocycles. The molecule has 0 N–H and O–H groups in total. The van der Waals surface area contributed by atoms with E-state index in [1.807, 2.05) is 0 Å². The van der Waals surface area contributed by atoms with Crippen LogP contribution in [0.25, 0.3) is 0 Å². The summed E-state index contributed by atoms with van der Waals surface area (Å²) in [5, 5.41) is 0.639. The first-order valence-electron chi connectivity index (χ1n) is 6.86. The van der Waals surface area contributed by atoms with Gasteiger partial charge in [0.25, 0.3) is 5.91 Å². The molecule has 1 fully saturated rings. The number of rotatable bonds is 4. The van der Waals surface area contributed by atoms with Crippen LogP contribution in [0.3, 0.4) is 0 Å². The lowest BCUT2D eigenvalue weighted by atomic mass is 9.94. The molecule has 1 aromatic rings. The van der Waals surface area contributed by atoms with Crippen molar-refractivity contribution in [2.45, 2.75) is 37.1 Å². The third-order valence-corrected chi connectivity index (χ3v) is 4.44. The normalized spacial score (nSPS) is 22.4. The molecule has 3 nitrogen and oxygen atoms in total. The number of alkyl halides is 1. The van der Waals surface area contributed by atoms with Crippen LogP contribution in [0.5, 0.6) is 5.75 Å². The molecule has 1 aliphatic rings. The summed E-state index contributed by atoms with van der Waals surface area (Å²) in [6, 6.07) is 7.15. The zero-order valence-corrected chi connectivity index (χ0v) is 13.0. The van der Waals surface area contributed by atoms with E-state index in [-0.39, 0.29) is 23.9 Å². The smallest absolute Gasteiger partial charge is 0.260 e. The minimum atomic E-state index is -0.0532. The Kier molecular flexibility index (Phi) is 5.55. The van der Waals surface area contributed by atoms with Gasteiger partial charge in [-0.1, -0.05) is 30.5 Å². The number of hydrogen-bond acceptors (Lipinski definition) is 2. The van der Waals surface area contributed by atoms with Crippen molar-refractivity contribution in [1.82, 2.24) is 4.90 Å². The topological polar surface area (TPSA) is 29.5 Å². The molecular formula is C15H19Cl2NO2. The second-order valence-electron chi connectivity index (χ2n) is 5.12. The van der Waals surface area contributed by atoms with E-state index < -0.39 is 0 Å². The summed E-state index contributed by atoms with van der Waals surface area (Å²) < 4.78 is 5.48. The van der Waals surface area contributed by atoms with E-state index in [1.54, 1.807) is 36.2 Å². The molecule has 0 bridgehead atoms. The Labute approximate surface area is 129 Å². The van der Waals surface area contributed by atoms with Gasteiger partial charge in [0.1, 0.15) is 5.75 Å². The first kappa shape index (κ1) is 15.5. The van der Waals surface area contributed by atoms with Gasteiger partial charge in [-0.05, 0) is 31.0 Å². The highest BCUT2D eigenvalue weighted by molar-refractivity contribution is 6.30. The van der Waals surface area contributed by atoms with Crippen LogP contribution in [0.4, 0.5) is 0 Å². The van der Waals surface area contributed by atoms with Gasteiger partial charge in [0.15, 0.2) is 6.61 Å². The lowest BCUT2D eigenvalue weighted by Crippen LogP contribution is -2.46. The number of nitrogens with zero attached hydrogens (tertiary/aromatic N) is 1. The maximum atomic E-state index is 12.2. The third-order valence-electron chi connectivity index (χ3n) is 3.70. The van der Waals surface area contributed by atoms with Crippen molar-refractivity contribution in [3.8, 4) is 5.75 Å². The maximum absolute atomic E-state index is 12.2. The van der Waals surface area contributed by atoms with Crippen molar-refractivity contribution in [2.75, 3.05) is 13.7 Å². The predicted octanol–water partition coefficient (Wildman–Crippen LogP) is 3.73. The summed E-state index contributed by atoms with van der Waals surface area (Å²) in [6.45, 7) is 0.0109. The van der Waals surface area contributed by atoms with Crippen molar-refractivity contribution in [2.24, 2.45) is 0 Å². The van der Waals surface area contributed by atoms with Crippen molar-refractivity contribution < 1.29 is 9.53 Å². The minimum Gasteiger partial charge on any atom is -0.484 e. The molecule has 0 aromatic heterocycles. The highest BCUT2D eigenvalue weighted by Gasteiger charge is 2.29. The van der Waals surface area contributed by atoms with Crippen LogP contribution >= 0.6 is 23.2 Å². The van der Waals surface area contributed by atoms with E-state index in [9.17, 15) is 4.79 Å². The Balaban J connectivity index is 1.87. The molecule has 0 heterocycles. The number of amides is 1. The van der Waals surface area contributed by atoms with Gasteiger partial charge >= 0.3 is 0 Å². The molecular weight excluding hydrogens is 297 g/mol. The lowest BCUT2D eigenvalue weighted by molar-refractivity contribution is -0.134. The summed E-state index contributed by atoms with van der Waals surface area (Å²) in [5.41, 5.74) is 0. The minimum absolute atomic E-state index is 0.0109. The van der Waals surface area contributed by atoms with Crippen molar-refractivity contribution in [1.29, 1.82) is 0 Å². The van der Waals surface area contributed by atoms with Gasteiger partial charge in [-0.15, -0.1) is 11.6 Å². The molecule has 20 heavy (non-hydrogen) atoms. The Bertz CT molecular complexity index is 467. The number of hydrogen-bond donors (Lipinski definition) is 0. The van der Waals surface area contributed by atoms with E-state index in [4.69, 9.17) is 27.9 Å². The van der Waals surface area contributed by atoms with Gasteiger partial charge in [0.05, 0.1) is 5.38 Å². The van der Waals surface area contributed by atoms with Crippen molar-refractivity contribution >= 4 is 29.1 Å². The summed E-state index contributed by atoms with van der Waals surface area (Å²) in [7, 11) is 1.80. The Morgan fingerprint density at radius 3 is 2.85 bits per heavy atom. The monoisotopic (exact) mass is 315 g/mol. The van der Waals surface area contributed by atoms with Crippen LogP contribution in [-0.4, -0.2) is 35.9 Å². The molecule has 2 rings (SSSR count). The molecule has 1 aliphatic carbocycles. The average Bonchev–Trinajstić information content (AvgIpc) is 2.44. The molecule has 0 spiro atoms. The van der Waals surface area contributed by atoms with E-state index in [0.717, 1.165) is 25.7 Å². The molecule has 110 valence electrons. The number of carbonyl (C=O) groups is 1. The van der Waals surface area contributed by atoms with E-state index >= 15 is 0 Å². The number of benzene rings is 1. The summed E-state index contributed by atoms with van der Waals surface area (Å²) in [5.74, 6) is 0.549. The fourth-order valence-corrected chi connectivity index (χ4v) is 3.12.